The van der Waals surface area contributed by atoms with Gasteiger partial charge in [-0.25, -0.2) is 4.79 Å². The zero-order chi connectivity index (χ0) is 19.7. The summed E-state index contributed by atoms with van der Waals surface area (Å²) >= 11 is 0. The van der Waals surface area contributed by atoms with Gasteiger partial charge in [0, 0.05) is 18.8 Å². The molecule has 146 valence electrons. The van der Waals surface area contributed by atoms with Gasteiger partial charge < -0.3 is 4.90 Å². The number of nitrogens with zero attached hydrogens (tertiary/aromatic N) is 3. The SMILES string of the molecule is Cc1ccc(N2C(=O)N(CC(=O)N(C)C3CCC(C)CC3)C(=O)[C@@H]2C)cc1. The molecule has 2 fully saturated rings. The van der Waals surface area contributed by atoms with Crippen molar-refractivity contribution < 1.29 is 14.4 Å². The summed E-state index contributed by atoms with van der Waals surface area (Å²) in [6.07, 6.45) is 4.19. The zero-order valence-corrected chi connectivity index (χ0v) is 16.6. The molecule has 2 aliphatic rings. The number of anilines is 1. The van der Waals surface area contributed by atoms with Gasteiger partial charge in [-0.15, -0.1) is 0 Å². The average Bonchev–Trinajstić information content (AvgIpc) is 2.86. The Hall–Kier alpha value is -2.37. The number of carbonyl (C=O) groups excluding carboxylic acids is 3. The van der Waals surface area contributed by atoms with Gasteiger partial charge in [0.05, 0.1) is 0 Å². The summed E-state index contributed by atoms with van der Waals surface area (Å²) in [5, 5.41) is 0. The fourth-order valence-electron chi connectivity index (χ4n) is 3.99. The molecule has 6 heteroatoms. The highest BCUT2D eigenvalue weighted by atomic mass is 16.2. The average molecular weight is 371 g/mol. The number of amides is 4. The molecule has 1 aromatic rings. The van der Waals surface area contributed by atoms with Gasteiger partial charge in [-0.1, -0.05) is 24.6 Å². The van der Waals surface area contributed by atoms with Gasteiger partial charge >= 0.3 is 6.03 Å². The molecule has 1 aliphatic heterocycles. The number of aryl methyl sites for hydroxylation is 1. The van der Waals surface area contributed by atoms with Crippen molar-refractivity contribution in [2.75, 3.05) is 18.5 Å². The molecule has 27 heavy (non-hydrogen) atoms. The van der Waals surface area contributed by atoms with Gasteiger partial charge in [0.25, 0.3) is 5.91 Å². The minimum atomic E-state index is -0.603. The smallest absolute Gasteiger partial charge is 0.332 e. The Labute approximate surface area is 161 Å². The molecule has 1 saturated carbocycles. The summed E-state index contributed by atoms with van der Waals surface area (Å²) in [5.74, 6) is 0.212. The van der Waals surface area contributed by atoms with Crippen LogP contribution in [0, 0.1) is 12.8 Å². The molecule has 3 rings (SSSR count). The van der Waals surface area contributed by atoms with E-state index < -0.39 is 12.1 Å². The molecule has 0 bridgehead atoms. The van der Waals surface area contributed by atoms with Crippen LogP contribution in [0.15, 0.2) is 24.3 Å². The summed E-state index contributed by atoms with van der Waals surface area (Å²) in [6, 6.07) is 6.66. The second kappa shape index (κ2) is 7.71. The Morgan fingerprint density at radius 1 is 1.07 bits per heavy atom. The maximum Gasteiger partial charge on any atom is 0.332 e. The number of urea groups is 1. The van der Waals surface area contributed by atoms with Crippen molar-refractivity contribution >= 4 is 23.5 Å². The molecular formula is C21H29N3O3. The van der Waals surface area contributed by atoms with E-state index in [-0.39, 0.29) is 24.4 Å². The first-order chi connectivity index (χ1) is 12.8. The number of hydrogen-bond donors (Lipinski definition) is 0. The van der Waals surface area contributed by atoms with Crippen molar-refractivity contribution in [3.05, 3.63) is 29.8 Å². The molecule has 1 atom stereocenters. The molecule has 1 heterocycles. The van der Waals surface area contributed by atoms with Crippen molar-refractivity contribution in [3.63, 3.8) is 0 Å². The lowest BCUT2D eigenvalue weighted by Crippen LogP contribution is -2.46. The van der Waals surface area contributed by atoms with Crippen molar-refractivity contribution in [2.24, 2.45) is 5.92 Å². The van der Waals surface area contributed by atoms with Crippen LogP contribution in [0.2, 0.25) is 0 Å². The third kappa shape index (κ3) is 3.84. The van der Waals surface area contributed by atoms with E-state index >= 15 is 0 Å². The minimum Gasteiger partial charge on any atom is -0.341 e. The Kier molecular flexibility index (Phi) is 5.53. The van der Waals surface area contributed by atoms with Crippen LogP contribution in [0.1, 0.15) is 45.1 Å². The number of imide groups is 1. The van der Waals surface area contributed by atoms with Gasteiger partial charge in [-0.2, -0.15) is 0 Å². The van der Waals surface area contributed by atoms with Crippen molar-refractivity contribution in [1.82, 2.24) is 9.80 Å². The van der Waals surface area contributed by atoms with Gasteiger partial charge in [-0.3, -0.25) is 19.4 Å². The first kappa shape index (κ1) is 19.4. The summed E-state index contributed by atoms with van der Waals surface area (Å²) in [6.45, 7) is 5.72. The fourth-order valence-corrected chi connectivity index (χ4v) is 3.99. The van der Waals surface area contributed by atoms with Gasteiger partial charge in [0.15, 0.2) is 0 Å². The van der Waals surface area contributed by atoms with E-state index in [0.29, 0.717) is 11.6 Å². The molecule has 0 radical (unpaired) electrons. The second-order valence-electron chi connectivity index (χ2n) is 8.01. The van der Waals surface area contributed by atoms with E-state index in [4.69, 9.17) is 0 Å². The van der Waals surface area contributed by atoms with Crippen LogP contribution in [0.4, 0.5) is 10.5 Å². The maximum absolute atomic E-state index is 12.8. The molecule has 1 aliphatic carbocycles. The highest BCUT2D eigenvalue weighted by molar-refractivity contribution is 6.15. The Morgan fingerprint density at radius 2 is 1.67 bits per heavy atom. The molecule has 0 unspecified atom stereocenters. The quantitative estimate of drug-likeness (QED) is 0.764. The van der Waals surface area contributed by atoms with Crippen LogP contribution in [0.25, 0.3) is 0 Å². The fraction of sp³-hybridized carbons (Fsp3) is 0.571. The zero-order valence-electron chi connectivity index (χ0n) is 16.6. The lowest BCUT2D eigenvalue weighted by molar-refractivity contribution is -0.138. The molecule has 6 nitrogen and oxygen atoms in total. The van der Waals surface area contributed by atoms with Crippen LogP contribution in [0.3, 0.4) is 0 Å². The van der Waals surface area contributed by atoms with Crippen molar-refractivity contribution in [2.45, 2.75) is 58.5 Å². The number of carbonyl (C=O) groups is 3. The van der Waals surface area contributed by atoms with Crippen LogP contribution >= 0.6 is 0 Å². The van der Waals surface area contributed by atoms with Crippen LogP contribution in [0.5, 0.6) is 0 Å². The van der Waals surface area contributed by atoms with E-state index in [1.165, 1.54) is 4.90 Å². The third-order valence-electron chi connectivity index (χ3n) is 5.98. The topological polar surface area (TPSA) is 60.9 Å². The molecular weight excluding hydrogens is 342 g/mol. The summed E-state index contributed by atoms with van der Waals surface area (Å²) in [4.78, 5) is 42.5. The molecule has 0 aromatic heterocycles. The highest BCUT2D eigenvalue weighted by Gasteiger charge is 2.44. The Balaban J connectivity index is 1.69. The molecule has 4 amide bonds. The summed E-state index contributed by atoms with van der Waals surface area (Å²) in [5.41, 5.74) is 1.76. The molecule has 0 N–H and O–H groups in total. The minimum absolute atomic E-state index is 0.172. The van der Waals surface area contributed by atoms with Crippen LogP contribution < -0.4 is 4.90 Å². The predicted molar refractivity (Wildman–Crippen MR) is 104 cm³/mol. The summed E-state index contributed by atoms with van der Waals surface area (Å²) in [7, 11) is 1.79. The number of likely N-dealkylation sites (N-methyl/N-ethyl adjacent to an activating group) is 1. The van der Waals surface area contributed by atoms with E-state index in [1.807, 2.05) is 31.2 Å². The number of hydrogen-bond acceptors (Lipinski definition) is 3. The molecule has 0 spiro atoms. The van der Waals surface area contributed by atoms with E-state index in [2.05, 4.69) is 6.92 Å². The molecule has 1 saturated heterocycles. The summed E-state index contributed by atoms with van der Waals surface area (Å²) < 4.78 is 0. The molecule has 1 aromatic carbocycles. The van der Waals surface area contributed by atoms with Gasteiger partial charge in [0.1, 0.15) is 12.6 Å². The van der Waals surface area contributed by atoms with Gasteiger partial charge in [0.2, 0.25) is 5.91 Å². The largest absolute Gasteiger partial charge is 0.341 e. The Morgan fingerprint density at radius 3 is 2.26 bits per heavy atom. The van der Waals surface area contributed by atoms with Gasteiger partial charge in [-0.05, 0) is 57.6 Å². The maximum atomic E-state index is 12.8. The standard InChI is InChI=1S/C21H29N3O3/c1-14-5-9-17(10-6-14)22(4)19(25)13-23-20(26)16(3)24(21(23)27)18-11-7-15(2)8-12-18/h7-8,11-12,14,16-17H,5-6,9-10,13H2,1-4H3/t14?,16-,17?/m0/s1. The lowest BCUT2D eigenvalue weighted by atomic mass is 9.87. The second-order valence-corrected chi connectivity index (χ2v) is 8.01. The van der Waals surface area contributed by atoms with Crippen LogP contribution in [-0.2, 0) is 9.59 Å². The lowest BCUT2D eigenvalue weighted by Gasteiger charge is -2.34. The monoisotopic (exact) mass is 371 g/mol. The van der Waals surface area contributed by atoms with Crippen molar-refractivity contribution in [1.29, 1.82) is 0 Å². The first-order valence-electron chi connectivity index (χ1n) is 9.76. The van der Waals surface area contributed by atoms with Crippen LogP contribution in [-0.4, -0.2) is 53.3 Å². The predicted octanol–water partition coefficient (Wildman–Crippen LogP) is 3.19. The normalized spacial score (nSPS) is 25.9. The Bertz CT molecular complexity index is 723. The number of benzene rings is 1. The van der Waals surface area contributed by atoms with E-state index in [0.717, 1.165) is 36.1 Å². The first-order valence-corrected chi connectivity index (χ1v) is 9.76. The van der Waals surface area contributed by atoms with Crippen molar-refractivity contribution in [3.8, 4) is 0 Å². The van der Waals surface area contributed by atoms with E-state index in [1.54, 1.807) is 18.9 Å². The van der Waals surface area contributed by atoms with E-state index in [9.17, 15) is 14.4 Å². The number of rotatable bonds is 4. The third-order valence-corrected chi connectivity index (χ3v) is 5.98. The highest BCUT2D eigenvalue weighted by Crippen LogP contribution is 2.28.